The molecule has 216 valence electrons. The molecule has 1 aromatic heterocycles. The van der Waals surface area contributed by atoms with Crippen LogP contribution < -0.4 is 31.5 Å². The van der Waals surface area contributed by atoms with Crippen LogP contribution >= 0.6 is 0 Å². The zero-order valence-electron chi connectivity index (χ0n) is 26.2. The quantitative estimate of drug-likeness (QED) is 0.393. The Hall–Kier alpha value is -1.52. The van der Waals surface area contributed by atoms with Crippen molar-refractivity contribution >= 4 is 0 Å². The molecule has 0 radical (unpaired) electrons. The first kappa shape index (κ1) is 34.7. The van der Waals surface area contributed by atoms with E-state index in [4.69, 9.17) is 11.6 Å². The van der Waals surface area contributed by atoms with E-state index in [9.17, 15) is 0 Å². The van der Waals surface area contributed by atoms with Crippen LogP contribution in [0.4, 0.5) is 0 Å². The van der Waals surface area contributed by atoms with E-state index in [1.165, 1.54) is 33.4 Å². The molecule has 0 fully saturated rings. The minimum atomic E-state index is -1.19. The van der Waals surface area contributed by atoms with Crippen LogP contribution in [0.25, 0.3) is 0 Å². The molecule has 0 saturated carbocycles. The molecule has 0 aliphatic carbocycles. The second kappa shape index (κ2) is 12.0. The summed E-state index contributed by atoms with van der Waals surface area (Å²) < 4.78 is 13.4. The van der Waals surface area contributed by atoms with Crippen molar-refractivity contribution in [2.75, 3.05) is 0 Å². The fourth-order valence-electron chi connectivity index (χ4n) is 5.08. The molecule has 2 heterocycles. The van der Waals surface area contributed by atoms with E-state index in [0.29, 0.717) is 0 Å². The largest absolute Gasteiger partial charge is 1.00 e. The predicted octanol–water partition coefficient (Wildman–Crippen LogP) is 3.14. The van der Waals surface area contributed by atoms with Gasteiger partial charge in [0.25, 0.3) is 0 Å². The Morgan fingerprint density at radius 2 is 1.02 bits per heavy atom. The number of pyridine rings is 1. The van der Waals surface area contributed by atoms with Gasteiger partial charge in [-0.05, 0) is 0 Å². The van der Waals surface area contributed by atoms with Gasteiger partial charge in [0.1, 0.15) is 0 Å². The van der Waals surface area contributed by atoms with Crippen LogP contribution in [0.3, 0.4) is 0 Å². The SMILES string of the molecule is CC(C)(C)c1cc2c(c(C(C)(C)C)c1)[O][Ti+2][O]c1c(cc(C(C)(C)C)cc1C(C)(C)C)C2c1ccccn1.[Cl-].[Cl-]. The maximum Gasteiger partial charge on any atom is -1.00 e. The standard InChI is InChI=1S/C34H47NO2.2ClH.Ti/c1-31(2,3)21-17-23(29(36)25(19-21)33(7,8)9)28(27-15-13-14-16-35-27)24-18-22(32(4,5)6)20-26(30(24)37)34(10,11)12;;;/h13-20,28,36-37H,1-12H3;2*1H;/q;;;+4/p-4. The second-order valence-electron chi connectivity index (χ2n) is 14.9. The van der Waals surface area contributed by atoms with E-state index in [2.05, 4.69) is 119 Å². The van der Waals surface area contributed by atoms with Gasteiger partial charge in [0, 0.05) is 0 Å². The van der Waals surface area contributed by atoms with Crippen LogP contribution in [-0.2, 0) is 41.6 Å². The maximum absolute atomic E-state index is 6.70. The van der Waals surface area contributed by atoms with Crippen molar-refractivity contribution in [3.63, 3.8) is 0 Å². The fraction of sp³-hybridized carbons (Fsp3) is 0.500. The number of benzene rings is 2. The number of fused-ring (bicyclic) bond motifs is 2. The zero-order chi connectivity index (χ0) is 28.3. The molecule has 0 amide bonds. The third-order valence-corrected chi connectivity index (χ3v) is 8.37. The first-order valence-electron chi connectivity index (χ1n) is 13.8. The molecule has 0 spiro atoms. The summed E-state index contributed by atoms with van der Waals surface area (Å²) in [6, 6.07) is 15.7. The smallest absolute Gasteiger partial charge is 1.00 e. The minimum absolute atomic E-state index is 0. The van der Waals surface area contributed by atoms with Crippen molar-refractivity contribution in [3.8, 4) is 11.5 Å². The molecular formula is C34H45Cl2NO2Ti. The van der Waals surface area contributed by atoms with E-state index in [0.717, 1.165) is 17.2 Å². The van der Waals surface area contributed by atoms with Crippen LogP contribution in [0, 0.1) is 0 Å². The Morgan fingerprint density at radius 1 is 0.600 bits per heavy atom. The number of rotatable bonds is 1. The average Bonchev–Trinajstić information content (AvgIpc) is 2.76. The van der Waals surface area contributed by atoms with Gasteiger partial charge in [-0.2, -0.15) is 0 Å². The Morgan fingerprint density at radius 3 is 1.35 bits per heavy atom. The molecule has 6 heteroatoms. The van der Waals surface area contributed by atoms with Crippen molar-refractivity contribution < 1.29 is 51.4 Å². The number of hydrogen-bond donors (Lipinski definition) is 0. The van der Waals surface area contributed by atoms with E-state index >= 15 is 0 Å². The molecule has 4 rings (SSSR count). The van der Waals surface area contributed by atoms with E-state index in [1.54, 1.807) is 0 Å². The van der Waals surface area contributed by atoms with Gasteiger partial charge >= 0.3 is 241 Å². The van der Waals surface area contributed by atoms with Crippen LogP contribution in [0.15, 0.2) is 48.7 Å². The molecule has 0 unspecified atom stereocenters. The van der Waals surface area contributed by atoms with Crippen molar-refractivity contribution in [3.05, 3.63) is 87.7 Å². The fourth-order valence-corrected chi connectivity index (χ4v) is 6.11. The molecule has 2 aromatic carbocycles. The molecule has 1 aliphatic rings. The molecule has 3 aromatic rings. The first-order chi connectivity index (χ1) is 17.4. The third-order valence-electron chi connectivity index (χ3n) is 7.48. The van der Waals surface area contributed by atoms with Gasteiger partial charge in [0.15, 0.2) is 0 Å². The summed E-state index contributed by atoms with van der Waals surface area (Å²) in [4.78, 5) is 4.94. The normalized spacial score (nSPS) is 13.9. The second-order valence-corrected chi connectivity index (χ2v) is 15.8. The van der Waals surface area contributed by atoms with Gasteiger partial charge < -0.3 is 24.8 Å². The van der Waals surface area contributed by atoms with E-state index in [-0.39, 0.29) is 52.4 Å². The van der Waals surface area contributed by atoms with Crippen molar-refractivity contribution in [1.29, 1.82) is 0 Å². The summed E-state index contributed by atoms with van der Waals surface area (Å²) in [6.45, 7) is 27.4. The Labute approximate surface area is 265 Å². The molecule has 1 aliphatic heterocycles. The van der Waals surface area contributed by atoms with Crippen molar-refractivity contribution in [2.24, 2.45) is 0 Å². The molecule has 0 atom stereocenters. The van der Waals surface area contributed by atoms with Crippen molar-refractivity contribution in [1.82, 2.24) is 4.98 Å². The summed E-state index contributed by atoms with van der Waals surface area (Å²) in [5.74, 6) is 1.84. The van der Waals surface area contributed by atoms with Gasteiger partial charge in [-0.1, -0.05) is 0 Å². The summed E-state index contributed by atoms with van der Waals surface area (Å²) >= 11 is -1.19. The number of halogens is 2. The summed E-state index contributed by atoms with van der Waals surface area (Å²) in [5.41, 5.74) is 8.32. The minimum Gasteiger partial charge on any atom is -1.00 e. The van der Waals surface area contributed by atoms with Gasteiger partial charge in [-0.3, -0.25) is 0 Å². The first-order valence-corrected chi connectivity index (χ1v) is 15.0. The van der Waals surface area contributed by atoms with E-state index in [1.807, 2.05) is 12.3 Å². The molecular weight excluding hydrogens is 573 g/mol. The molecule has 0 N–H and O–H groups in total. The zero-order valence-corrected chi connectivity index (χ0v) is 29.3. The van der Waals surface area contributed by atoms with Gasteiger partial charge in [0.2, 0.25) is 0 Å². The number of aromatic nitrogens is 1. The van der Waals surface area contributed by atoms with Crippen LogP contribution in [0.2, 0.25) is 0 Å². The molecule has 0 bridgehead atoms. The van der Waals surface area contributed by atoms with Gasteiger partial charge in [-0.15, -0.1) is 0 Å². The number of nitrogens with zero attached hydrogens (tertiary/aromatic N) is 1. The molecule has 40 heavy (non-hydrogen) atoms. The topological polar surface area (TPSA) is 31.4 Å². The summed E-state index contributed by atoms with van der Waals surface area (Å²) in [6.07, 6.45) is 1.90. The summed E-state index contributed by atoms with van der Waals surface area (Å²) in [5, 5.41) is 0. The monoisotopic (exact) mass is 617 g/mol. The average molecular weight is 619 g/mol. The van der Waals surface area contributed by atoms with Crippen LogP contribution in [0.1, 0.15) is 128 Å². The Bertz CT molecular complexity index is 1240. The molecule has 0 saturated heterocycles. The van der Waals surface area contributed by atoms with E-state index < -0.39 is 19.9 Å². The van der Waals surface area contributed by atoms with Crippen LogP contribution in [-0.4, -0.2) is 4.98 Å². The van der Waals surface area contributed by atoms with Crippen molar-refractivity contribution in [2.45, 2.75) is 111 Å². The van der Waals surface area contributed by atoms with Gasteiger partial charge in [-0.25, -0.2) is 0 Å². The van der Waals surface area contributed by atoms with Crippen LogP contribution in [0.5, 0.6) is 11.5 Å². The Kier molecular flexibility index (Phi) is 10.4. The third kappa shape index (κ3) is 7.09. The van der Waals surface area contributed by atoms with Gasteiger partial charge in [0.05, 0.1) is 0 Å². The Balaban J connectivity index is 0.00000280. The molecule has 3 nitrogen and oxygen atoms in total. The summed E-state index contributed by atoms with van der Waals surface area (Å²) in [7, 11) is 0. The predicted molar refractivity (Wildman–Crippen MR) is 154 cm³/mol. The maximum atomic E-state index is 6.70. The number of hydrogen-bond acceptors (Lipinski definition) is 3.